The van der Waals surface area contributed by atoms with Gasteiger partial charge in [-0.1, -0.05) is 12.1 Å². The molecule has 0 radical (unpaired) electrons. The first-order valence-corrected chi connectivity index (χ1v) is 7.25. The lowest BCUT2D eigenvalue weighted by Gasteiger charge is -2.02. The molecule has 0 aliphatic carbocycles. The van der Waals surface area contributed by atoms with Gasteiger partial charge in [-0.2, -0.15) is 0 Å². The fourth-order valence-corrected chi connectivity index (χ4v) is 2.77. The molecule has 106 valence electrons. The van der Waals surface area contributed by atoms with Crippen LogP contribution in [0.15, 0.2) is 36.4 Å². The third kappa shape index (κ3) is 2.85. The maximum Gasteiger partial charge on any atom is 0.348 e. The Labute approximate surface area is 125 Å². The summed E-state index contributed by atoms with van der Waals surface area (Å²) in [5.41, 5.74) is 6.71. The molecule has 0 spiro atoms. The van der Waals surface area contributed by atoms with E-state index in [-0.39, 0.29) is 12.6 Å². The molecule has 21 heavy (non-hydrogen) atoms. The number of nitrogens with one attached hydrogen (secondary N) is 1. The Morgan fingerprint density at radius 2 is 2.14 bits per heavy atom. The Balaban J connectivity index is 1.77. The monoisotopic (exact) mass is 300 g/mol. The first-order chi connectivity index (χ1) is 10.1. The number of H-pyrrole nitrogens is 1. The molecule has 0 saturated heterocycles. The number of aryl methyl sites for hydroxylation is 1. The predicted octanol–water partition coefficient (Wildman–Crippen LogP) is 2.36. The van der Waals surface area contributed by atoms with Gasteiger partial charge >= 0.3 is 5.97 Å². The number of rotatable bonds is 3. The minimum atomic E-state index is -0.352. The number of benzene rings is 1. The number of carbonyl (C=O) groups is 1. The van der Waals surface area contributed by atoms with Crippen LogP contribution in [0.5, 0.6) is 0 Å². The Hall–Kier alpha value is -2.47. The first-order valence-electron chi connectivity index (χ1n) is 6.43. The van der Waals surface area contributed by atoms with Gasteiger partial charge in [0.1, 0.15) is 4.88 Å². The highest BCUT2D eigenvalue weighted by atomic mass is 32.1. The third-order valence-electron chi connectivity index (χ3n) is 3.01. The molecule has 0 bridgehead atoms. The Bertz CT molecular complexity index is 814. The van der Waals surface area contributed by atoms with Crippen LogP contribution in [0.3, 0.4) is 0 Å². The summed E-state index contributed by atoms with van der Waals surface area (Å²) in [7, 11) is 0. The molecule has 0 unspecified atom stereocenters. The highest BCUT2D eigenvalue weighted by Gasteiger charge is 2.14. The number of nitrogen functional groups attached to an aromatic ring is 1. The van der Waals surface area contributed by atoms with Crippen LogP contribution in [-0.2, 0) is 11.3 Å². The number of anilines is 1. The van der Waals surface area contributed by atoms with Crippen LogP contribution in [0.4, 0.5) is 5.82 Å². The van der Waals surface area contributed by atoms with Crippen molar-refractivity contribution in [2.24, 2.45) is 0 Å². The molecule has 0 fully saturated rings. The van der Waals surface area contributed by atoms with Gasteiger partial charge < -0.3 is 10.5 Å². The Kier molecular flexibility index (Phi) is 3.53. The lowest BCUT2D eigenvalue weighted by atomic mass is 10.2. The number of aromatic amines is 1. The third-order valence-corrected chi connectivity index (χ3v) is 3.99. The summed E-state index contributed by atoms with van der Waals surface area (Å²) in [4.78, 5) is 20.9. The zero-order valence-corrected chi connectivity index (χ0v) is 12.2. The van der Waals surface area contributed by atoms with E-state index in [1.54, 1.807) is 6.07 Å². The molecule has 0 aliphatic rings. The van der Waals surface area contributed by atoms with Crippen molar-refractivity contribution in [2.75, 3.05) is 5.73 Å². The SMILES string of the molecule is Cc1ccc(C(=O)OCc2nc3ccccc3c(N)[nH+]2)s1. The van der Waals surface area contributed by atoms with Crippen LogP contribution in [0, 0.1) is 6.92 Å². The van der Waals surface area contributed by atoms with Crippen molar-refractivity contribution >= 4 is 34.0 Å². The molecular weight excluding hydrogens is 286 g/mol. The Morgan fingerprint density at radius 1 is 1.33 bits per heavy atom. The van der Waals surface area contributed by atoms with Crippen LogP contribution in [0.2, 0.25) is 0 Å². The van der Waals surface area contributed by atoms with Gasteiger partial charge in [-0.05, 0) is 31.2 Å². The molecule has 0 saturated carbocycles. The number of esters is 1. The van der Waals surface area contributed by atoms with Crippen LogP contribution in [0.25, 0.3) is 10.9 Å². The van der Waals surface area contributed by atoms with Crippen molar-refractivity contribution in [3.63, 3.8) is 0 Å². The molecule has 0 amide bonds. The van der Waals surface area contributed by atoms with E-state index in [1.165, 1.54) is 11.3 Å². The molecule has 3 rings (SSSR count). The minimum Gasteiger partial charge on any atom is -0.450 e. The number of hydrogen-bond donors (Lipinski definition) is 1. The molecule has 2 aromatic heterocycles. The number of aromatic nitrogens is 2. The molecule has 3 aromatic rings. The number of carbonyl (C=O) groups excluding carboxylic acids is 1. The molecule has 5 nitrogen and oxygen atoms in total. The van der Waals surface area contributed by atoms with E-state index in [2.05, 4.69) is 9.97 Å². The molecule has 0 aliphatic heterocycles. The van der Waals surface area contributed by atoms with Gasteiger partial charge in [-0.3, -0.25) is 0 Å². The smallest absolute Gasteiger partial charge is 0.348 e. The predicted molar refractivity (Wildman–Crippen MR) is 80.9 cm³/mol. The molecule has 3 N–H and O–H groups in total. The van der Waals surface area contributed by atoms with Gasteiger partial charge in [0, 0.05) is 4.88 Å². The molecule has 6 heteroatoms. The largest absolute Gasteiger partial charge is 0.450 e. The quantitative estimate of drug-likeness (QED) is 0.753. The second-order valence-corrected chi connectivity index (χ2v) is 5.89. The average Bonchev–Trinajstić information content (AvgIpc) is 2.91. The van der Waals surface area contributed by atoms with E-state index >= 15 is 0 Å². The number of fused-ring (bicyclic) bond motifs is 1. The van der Waals surface area contributed by atoms with Gasteiger partial charge in [0.2, 0.25) is 5.82 Å². The van der Waals surface area contributed by atoms with Crippen molar-refractivity contribution < 1.29 is 14.5 Å². The van der Waals surface area contributed by atoms with Crippen LogP contribution in [0.1, 0.15) is 20.4 Å². The Morgan fingerprint density at radius 3 is 2.90 bits per heavy atom. The second kappa shape index (κ2) is 5.49. The van der Waals surface area contributed by atoms with Crippen LogP contribution >= 0.6 is 11.3 Å². The van der Waals surface area contributed by atoms with Crippen LogP contribution in [-0.4, -0.2) is 11.0 Å². The number of hydrogen-bond acceptors (Lipinski definition) is 5. The highest BCUT2D eigenvalue weighted by molar-refractivity contribution is 7.13. The summed E-state index contributed by atoms with van der Waals surface area (Å²) >= 11 is 1.41. The highest BCUT2D eigenvalue weighted by Crippen LogP contribution is 2.17. The number of ether oxygens (including phenoxy) is 1. The maximum absolute atomic E-state index is 11.9. The van der Waals surface area contributed by atoms with E-state index < -0.39 is 0 Å². The number of nitrogens with zero attached hydrogens (tertiary/aromatic N) is 1. The van der Waals surface area contributed by atoms with E-state index in [9.17, 15) is 4.79 Å². The summed E-state index contributed by atoms with van der Waals surface area (Å²) in [5, 5.41) is 0.849. The first kappa shape index (κ1) is 13.5. The summed E-state index contributed by atoms with van der Waals surface area (Å²) in [6.07, 6.45) is 0. The summed E-state index contributed by atoms with van der Waals surface area (Å²) in [5.74, 6) is 0.682. The van der Waals surface area contributed by atoms with Crippen molar-refractivity contribution in [1.82, 2.24) is 4.98 Å². The molecular formula is C15H14N3O2S+. The standard InChI is InChI=1S/C15H13N3O2S/c1-9-6-7-12(21-9)15(19)20-8-13-17-11-5-3-2-4-10(11)14(16)18-13/h2-7H,8H2,1H3,(H2,16,17,18)/p+1. The van der Waals surface area contributed by atoms with E-state index in [1.807, 2.05) is 37.3 Å². The number of nitrogens with two attached hydrogens (primary N) is 1. The molecule has 0 atom stereocenters. The fraction of sp³-hybridized carbons (Fsp3) is 0.133. The average molecular weight is 300 g/mol. The molecule has 1 aromatic carbocycles. The summed E-state index contributed by atoms with van der Waals surface area (Å²) in [6, 6.07) is 11.2. The van der Waals surface area contributed by atoms with Gasteiger partial charge in [0.05, 0.1) is 5.39 Å². The lowest BCUT2D eigenvalue weighted by Crippen LogP contribution is -2.21. The zero-order valence-electron chi connectivity index (χ0n) is 11.4. The zero-order chi connectivity index (χ0) is 14.8. The van der Waals surface area contributed by atoms with E-state index in [0.717, 1.165) is 15.8 Å². The lowest BCUT2D eigenvalue weighted by molar-refractivity contribution is -0.381. The van der Waals surface area contributed by atoms with E-state index in [0.29, 0.717) is 16.5 Å². The van der Waals surface area contributed by atoms with Gasteiger partial charge in [-0.25, -0.2) is 9.78 Å². The minimum absolute atomic E-state index is 0.0603. The van der Waals surface area contributed by atoms with Crippen molar-refractivity contribution in [3.8, 4) is 0 Å². The topological polar surface area (TPSA) is 79.3 Å². The van der Waals surface area contributed by atoms with Crippen molar-refractivity contribution in [1.29, 1.82) is 0 Å². The van der Waals surface area contributed by atoms with Gasteiger partial charge in [0.25, 0.3) is 5.82 Å². The summed E-state index contributed by atoms with van der Waals surface area (Å²) in [6.45, 7) is 2.01. The van der Waals surface area contributed by atoms with E-state index in [4.69, 9.17) is 10.5 Å². The van der Waals surface area contributed by atoms with Crippen molar-refractivity contribution in [3.05, 3.63) is 52.0 Å². The normalized spacial score (nSPS) is 10.7. The second-order valence-electron chi connectivity index (χ2n) is 4.60. The number of para-hydroxylation sites is 1. The molecule has 2 heterocycles. The van der Waals surface area contributed by atoms with Crippen LogP contribution < -0.4 is 10.7 Å². The van der Waals surface area contributed by atoms with Gasteiger partial charge in [-0.15, -0.1) is 16.3 Å². The fourth-order valence-electron chi connectivity index (χ4n) is 2.01. The van der Waals surface area contributed by atoms with Gasteiger partial charge in [0.15, 0.2) is 12.1 Å². The number of thiophene rings is 1. The summed E-state index contributed by atoms with van der Waals surface area (Å²) < 4.78 is 5.25. The maximum atomic E-state index is 11.9. The van der Waals surface area contributed by atoms with Crippen molar-refractivity contribution in [2.45, 2.75) is 13.5 Å².